The van der Waals surface area contributed by atoms with E-state index in [0.717, 1.165) is 5.56 Å². The minimum Gasteiger partial charge on any atom is -0.310 e. The first kappa shape index (κ1) is 11.6. The molecule has 1 aliphatic heterocycles. The van der Waals surface area contributed by atoms with Crippen LogP contribution < -0.4 is 5.32 Å². The summed E-state index contributed by atoms with van der Waals surface area (Å²) in [7, 11) is 0. The van der Waals surface area contributed by atoms with Gasteiger partial charge < -0.3 is 5.32 Å². The zero-order chi connectivity index (χ0) is 11.8. The zero-order valence-corrected chi connectivity index (χ0v) is 10.3. The van der Waals surface area contributed by atoms with Crippen LogP contribution in [0.5, 0.6) is 0 Å². The number of alkyl halides is 1. The lowest BCUT2D eigenvalue weighted by atomic mass is 9.85. The van der Waals surface area contributed by atoms with Crippen molar-refractivity contribution in [2.45, 2.75) is 38.3 Å². The number of rotatable bonds is 2. The summed E-state index contributed by atoms with van der Waals surface area (Å²) < 4.78 is 13.9. The van der Waals surface area contributed by atoms with Gasteiger partial charge in [0.15, 0.2) is 0 Å². The molecule has 0 atom stereocenters. The normalized spacial score (nSPS) is 19.2. The summed E-state index contributed by atoms with van der Waals surface area (Å²) in [6.45, 7) is 7.56. The summed E-state index contributed by atoms with van der Waals surface area (Å²) in [5, 5.41) is 2.98. The Morgan fingerprint density at radius 3 is 2.12 bits per heavy atom. The summed E-state index contributed by atoms with van der Waals surface area (Å²) in [6, 6.07) is 8.34. The van der Waals surface area contributed by atoms with Crippen molar-refractivity contribution in [1.29, 1.82) is 0 Å². The molecule has 16 heavy (non-hydrogen) atoms. The van der Waals surface area contributed by atoms with Gasteiger partial charge >= 0.3 is 0 Å². The summed E-state index contributed by atoms with van der Waals surface area (Å²) in [6.07, 6.45) is 0.532. The molecule has 0 radical (unpaired) electrons. The number of hydrogen-bond acceptors (Lipinski definition) is 1. The van der Waals surface area contributed by atoms with Gasteiger partial charge in [0.05, 0.1) is 0 Å². The van der Waals surface area contributed by atoms with Crippen LogP contribution in [0, 0.1) is 0 Å². The average molecular weight is 221 g/mol. The van der Waals surface area contributed by atoms with E-state index < -0.39 is 5.67 Å². The van der Waals surface area contributed by atoms with Crippen LogP contribution in [0.3, 0.4) is 0 Å². The number of halogens is 1. The third kappa shape index (κ3) is 2.43. The van der Waals surface area contributed by atoms with Crippen molar-refractivity contribution in [2.75, 3.05) is 13.1 Å². The van der Waals surface area contributed by atoms with Crippen molar-refractivity contribution >= 4 is 0 Å². The van der Waals surface area contributed by atoms with Gasteiger partial charge in [-0.3, -0.25) is 0 Å². The van der Waals surface area contributed by atoms with E-state index in [1.165, 1.54) is 5.56 Å². The fourth-order valence-corrected chi connectivity index (χ4v) is 2.01. The highest BCUT2D eigenvalue weighted by molar-refractivity contribution is 5.28. The third-order valence-electron chi connectivity index (χ3n) is 3.22. The maximum Gasteiger partial charge on any atom is 0.139 e. The zero-order valence-electron chi connectivity index (χ0n) is 10.3. The van der Waals surface area contributed by atoms with Gasteiger partial charge in [0.25, 0.3) is 0 Å². The molecule has 0 aromatic heterocycles. The average Bonchev–Trinajstić information content (AvgIpc) is 2.15. The molecule has 2 rings (SSSR count). The van der Waals surface area contributed by atoms with Crippen LogP contribution in [-0.2, 0) is 11.8 Å². The van der Waals surface area contributed by atoms with E-state index in [4.69, 9.17) is 0 Å². The summed E-state index contributed by atoms with van der Waals surface area (Å²) in [5.41, 5.74) is 1.56. The molecule has 1 nitrogen and oxygen atoms in total. The van der Waals surface area contributed by atoms with E-state index in [9.17, 15) is 4.39 Å². The van der Waals surface area contributed by atoms with Crippen LogP contribution in [0.25, 0.3) is 0 Å². The van der Waals surface area contributed by atoms with E-state index >= 15 is 0 Å². The maximum absolute atomic E-state index is 13.9. The third-order valence-corrected chi connectivity index (χ3v) is 3.22. The van der Waals surface area contributed by atoms with Crippen LogP contribution in [-0.4, -0.2) is 18.8 Å². The van der Waals surface area contributed by atoms with Crippen molar-refractivity contribution in [3.8, 4) is 0 Å². The van der Waals surface area contributed by atoms with Crippen LogP contribution in [0.1, 0.15) is 31.9 Å². The maximum atomic E-state index is 13.9. The molecule has 1 heterocycles. The minimum absolute atomic E-state index is 0.171. The van der Waals surface area contributed by atoms with E-state index in [1.807, 2.05) is 0 Å². The van der Waals surface area contributed by atoms with Gasteiger partial charge in [0, 0.05) is 19.5 Å². The summed E-state index contributed by atoms with van der Waals surface area (Å²) in [4.78, 5) is 0. The smallest absolute Gasteiger partial charge is 0.139 e. The largest absolute Gasteiger partial charge is 0.310 e. The van der Waals surface area contributed by atoms with Crippen molar-refractivity contribution in [3.05, 3.63) is 35.4 Å². The fourth-order valence-electron chi connectivity index (χ4n) is 2.01. The number of nitrogens with one attached hydrogen (secondary N) is 1. The van der Waals surface area contributed by atoms with E-state index in [-0.39, 0.29) is 5.41 Å². The van der Waals surface area contributed by atoms with Gasteiger partial charge in [0.1, 0.15) is 5.67 Å². The van der Waals surface area contributed by atoms with E-state index in [0.29, 0.717) is 19.5 Å². The molecule has 88 valence electrons. The molecular weight excluding hydrogens is 201 g/mol. The van der Waals surface area contributed by atoms with Crippen molar-refractivity contribution < 1.29 is 4.39 Å². The molecular formula is C14H20FN. The molecule has 0 bridgehead atoms. The van der Waals surface area contributed by atoms with Crippen molar-refractivity contribution in [2.24, 2.45) is 0 Å². The molecule has 1 fully saturated rings. The molecule has 0 spiro atoms. The Morgan fingerprint density at radius 1 is 1.19 bits per heavy atom. The van der Waals surface area contributed by atoms with Crippen LogP contribution >= 0.6 is 0 Å². The second-order valence-electron chi connectivity index (χ2n) is 5.88. The molecule has 2 heteroatoms. The van der Waals surface area contributed by atoms with Gasteiger partial charge in [-0.05, 0) is 16.5 Å². The van der Waals surface area contributed by atoms with Crippen LogP contribution in [0.15, 0.2) is 24.3 Å². The lowest BCUT2D eigenvalue weighted by molar-refractivity contribution is 0.0912. The molecule has 1 N–H and O–H groups in total. The quantitative estimate of drug-likeness (QED) is 0.809. The van der Waals surface area contributed by atoms with Crippen molar-refractivity contribution in [1.82, 2.24) is 5.32 Å². The topological polar surface area (TPSA) is 12.0 Å². The van der Waals surface area contributed by atoms with E-state index in [2.05, 4.69) is 50.4 Å². The Labute approximate surface area is 97.1 Å². The Morgan fingerprint density at radius 2 is 1.75 bits per heavy atom. The van der Waals surface area contributed by atoms with Gasteiger partial charge in [0.2, 0.25) is 0 Å². The predicted molar refractivity (Wildman–Crippen MR) is 65.6 cm³/mol. The Kier molecular flexibility index (Phi) is 2.79. The van der Waals surface area contributed by atoms with Gasteiger partial charge in [-0.2, -0.15) is 0 Å². The van der Waals surface area contributed by atoms with Crippen LogP contribution in [0.2, 0.25) is 0 Å². The molecule has 1 saturated heterocycles. The molecule has 0 amide bonds. The van der Waals surface area contributed by atoms with Crippen molar-refractivity contribution in [3.63, 3.8) is 0 Å². The van der Waals surface area contributed by atoms with Gasteiger partial charge in [-0.15, -0.1) is 0 Å². The Hall–Kier alpha value is -0.890. The summed E-state index contributed by atoms with van der Waals surface area (Å²) >= 11 is 0. The van der Waals surface area contributed by atoms with Gasteiger partial charge in [-0.25, -0.2) is 4.39 Å². The fraction of sp³-hybridized carbons (Fsp3) is 0.571. The first-order valence-electron chi connectivity index (χ1n) is 5.88. The highest BCUT2D eigenvalue weighted by Crippen LogP contribution is 2.25. The van der Waals surface area contributed by atoms with Gasteiger partial charge in [-0.1, -0.05) is 45.0 Å². The first-order chi connectivity index (χ1) is 7.39. The molecule has 1 aromatic carbocycles. The lowest BCUT2D eigenvalue weighted by Crippen LogP contribution is -2.57. The van der Waals surface area contributed by atoms with Crippen LogP contribution in [0.4, 0.5) is 4.39 Å². The molecule has 0 saturated carbocycles. The lowest BCUT2D eigenvalue weighted by Gasteiger charge is -2.35. The molecule has 1 aliphatic rings. The monoisotopic (exact) mass is 221 g/mol. The predicted octanol–water partition coefficient (Wildman–Crippen LogP) is 2.84. The second-order valence-corrected chi connectivity index (χ2v) is 5.88. The molecule has 1 aromatic rings. The molecule has 0 unspecified atom stereocenters. The standard InChI is InChI=1S/C14H20FN/c1-13(2,3)12-6-4-11(5-7-12)8-14(15)9-16-10-14/h4-7,16H,8-10H2,1-3H3. The van der Waals surface area contributed by atoms with E-state index in [1.54, 1.807) is 0 Å². The molecule has 0 aliphatic carbocycles. The highest BCUT2D eigenvalue weighted by atomic mass is 19.1. The Balaban J connectivity index is 2.08. The Bertz CT molecular complexity index is 357. The first-order valence-corrected chi connectivity index (χ1v) is 5.88. The second kappa shape index (κ2) is 3.85. The SMILES string of the molecule is CC(C)(C)c1ccc(CC2(F)CNC2)cc1. The highest BCUT2D eigenvalue weighted by Gasteiger charge is 2.36. The minimum atomic E-state index is -1.01. The summed E-state index contributed by atoms with van der Waals surface area (Å²) in [5.74, 6) is 0. The number of hydrogen-bond donors (Lipinski definition) is 1. The number of benzene rings is 1.